The number of halogens is 1. The number of hydrogen-bond donors (Lipinski definition) is 0. The van der Waals surface area contributed by atoms with Gasteiger partial charge in [-0.25, -0.2) is 0 Å². The molecule has 0 fully saturated rings. The van der Waals surface area contributed by atoms with Crippen molar-refractivity contribution in [1.29, 1.82) is 0 Å². The van der Waals surface area contributed by atoms with Crippen LogP contribution in [-0.4, -0.2) is 12.8 Å². The Morgan fingerprint density at radius 1 is 0.542 bits per heavy atom. The molecule has 24 heavy (non-hydrogen) atoms. The molecule has 0 radical (unpaired) electrons. The minimum atomic E-state index is -2.13. The van der Waals surface area contributed by atoms with Crippen LogP contribution in [0.1, 0.15) is 12.8 Å². The minimum absolute atomic E-state index is 0.233. The van der Waals surface area contributed by atoms with Crippen molar-refractivity contribution in [3.05, 3.63) is 91.0 Å². The molecule has 0 atom stereocenters. The molecule has 124 valence electrons. The molecule has 2 heteroatoms. The van der Waals surface area contributed by atoms with Gasteiger partial charge in [-0.05, 0) is 0 Å². The van der Waals surface area contributed by atoms with Gasteiger partial charge in [-0.1, -0.05) is 0 Å². The molecular weight excluding hydrogens is 314 g/mol. The number of unbranched alkanes of at least 4 members (excludes halogenated alkanes) is 1. The Labute approximate surface area is 144 Å². The van der Waals surface area contributed by atoms with E-state index in [1.165, 1.54) is 15.9 Å². The monoisotopic (exact) mass is 338 g/mol. The van der Waals surface area contributed by atoms with E-state index in [9.17, 15) is 4.39 Å². The van der Waals surface area contributed by atoms with Crippen LogP contribution >= 0.6 is 7.26 Å². The summed E-state index contributed by atoms with van der Waals surface area (Å²) in [5, 5.41) is 4.21. The van der Waals surface area contributed by atoms with Crippen LogP contribution in [0.25, 0.3) is 0 Å². The van der Waals surface area contributed by atoms with Crippen LogP contribution in [0, 0.1) is 0 Å². The maximum absolute atomic E-state index is 12.8. The summed E-state index contributed by atoms with van der Waals surface area (Å²) < 4.78 is 12.8. The molecule has 0 aliphatic rings. The molecule has 0 saturated carbocycles. The second kappa shape index (κ2) is 8.22. The summed E-state index contributed by atoms with van der Waals surface area (Å²) in [5.74, 6) is 0. The maximum atomic E-state index is 12.8. The molecule has 0 N–H and O–H groups in total. The molecule has 3 rings (SSSR count). The van der Waals surface area contributed by atoms with E-state index < -0.39 is 7.26 Å². The normalized spacial score (nSPS) is 12.0. The van der Waals surface area contributed by atoms with Gasteiger partial charge in [0.2, 0.25) is 0 Å². The zero-order valence-corrected chi connectivity index (χ0v) is 14.9. The third-order valence-corrected chi connectivity index (χ3v) is 9.80. The molecule has 3 aromatic carbocycles. The van der Waals surface area contributed by atoms with E-state index in [1.807, 2.05) is 0 Å². The zero-order chi connectivity index (χ0) is 16.7. The van der Waals surface area contributed by atoms with E-state index in [2.05, 4.69) is 91.0 Å². The van der Waals surface area contributed by atoms with Crippen molar-refractivity contribution in [2.24, 2.45) is 0 Å². The Hall–Kier alpha value is -1.98. The van der Waals surface area contributed by atoms with Crippen LogP contribution in [-0.2, 0) is 0 Å². The van der Waals surface area contributed by atoms with Crippen molar-refractivity contribution in [3.8, 4) is 0 Å². The van der Waals surface area contributed by atoms with Crippen LogP contribution in [0.3, 0.4) is 0 Å². The van der Waals surface area contributed by atoms with Gasteiger partial charge >= 0.3 is 144 Å². The Bertz CT molecular complexity index is 629. The summed E-state index contributed by atoms with van der Waals surface area (Å²) in [7, 11) is -2.13. The van der Waals surface area contributed by atoms with Crippen molar-refractivity contribution >= 4 is 23.2 Å². The van der Waals surface area contributed by atoms with Crippen LogP contribution < -0.4 is 15.9 Å². The molecule has 0 spiro atoms. The van der Waals surface area contributed by atoms with E-state index in [4.69, 9.17) is 0 Å². The Morgan fingerprint density at radius 2 is 0.917 bits per heavy atom. The van der Waals surface area contributed by atoms with Crippen LogP contribution in [0.2, 0.25) is 0 Å². The van der Waals surface area contributed by atoms with Crippen LogP contribution in [0.4, 0.5) is 4.39 Å². The second-order valence-corrected chi connectivity index (χ2v) is 10.2. The number of alkyl halides is 1. The van der Waals surface area contributed by atoms with Crippen molar-refractivity contribution in [2.75, 3.05) is 12.8 Å². The van der Waals surface area contributed by atoms with Gasteiger partial charge in [0.25, 0.3) is 0 Å². The van der Waals surface area contributed by atoms with Crippen LogP contribution in [0.5, 0.6) is 0 Å². The summed E-state index contributed by atoms with van der Waals surface area (Å²) in [5.41, 5.74) is 0. The standard InChI is InChI=1S/C22H24FP/c23-18-10-11-19-24(20-12-4-1-5-13-20,21-14-6-2-7-15-21)22-16-8-3-9-17-22/h1-9,12-17,24H,10-11,18-19H2. The average Bonchev–Trinajstić information content (AvgIpc) is 2.68. The van der Waals surface area contributed by atoms with Gasteiger partial charge in [0, 0.05) is 0 Å². The van der Waals surface area contributed by atoms with Gasteiger partial charge in [0.05, 0.1) is 0 Å². The van der Waals surface area contributed by atoms with Crippen LogP contribution in [0.15, 0.2) is 91.0 Å². The van der Waals surface area contributed by atoms with Gasteiger partial charge in [0.1, 0.15) is 0 Å². The quantitative estimate of drug-likeness (QED) is 0.441. The van der Waals surface area contributed by atoms with Crippen molar-refractivity contribution in [3.63, 3.8) is 0 Å². The molecule has 0 aliphatic carbocycles. The number of rotatable bonds is 7. The summed E-state index contributed by atoms with van der Waals surface area (Å²) >= 11 is 0. The fourth-order valence-electron chi connectivity index (χ4n) is 3.59. The Kier molecular flexibility index (Phi) is 5.77. The summed E-state index contributed by atoms with van der Waals surface area (Å²) in [6.45, 7) is -0.233. The molecule has 0 aromatic heterocycles. The van der Waals surface area contributed by atoms with Gasteiger partial charge in [-0.15, -0.1) is 0 Å². The zero-order valence-electron chi connectivity index (χ0n) is 13.9. The first-order valence-electron chi connectivity index (χ1n) is 8.60. The van der Waals surface area contributed by atoms with E-state index in [-0.39, 0.29) is 6.67 Å². The van der Waals surface area contributed by atoms with Gasteiger partial charge in [-0.2, -0.15) is 0 Å². The van der Waals surface area contributed by atoms with Crippen molar-refractivity contribution in [1.82, 2.24) is 0 Å². The van der Waals surface area contributed by atoms with Gasteiger partial charge < -0.3 is 0 Å². The van der Waals surface area contributed by atoms with Crippen molar-refractivity contribution in [2.45, 2.75) is 12.8 Å². The fraction of sp³-hybridized carbons (Fsp3) is 0.182. The molecular formula is C22H24FP. The second-order valence-electron chi connectivity index (χ2n) is 6.15. The Balaban J connectivity index is 2.20. The molecule has 0 saturated heterocycles. The SMILES string of the molecule is FCCCC[PH](c1ccccc1)(c1ccccc1)c1ccccc1. The first-order chi connectivity index (χ1) is 11.9. The average molecular weight is 338 g/mol. The summed E-state index contributed by atoms with van der Waals surface area (Å²) in [6.07, 6.45) is 2.59. The summed E-state index contributed by atoms with van der Waals surface area (Å²) in [6, 6.07) is 32.5. The van der Waals surface area contributed by atoms with Gasteiger partial charge in [-0.3, -0.25) is 0 Å². The summed E-state index contributed by atoms with van der Waals surface area (Å²) in [4.78, 5) is 0. The third kappa shape index (κ3) is 3.42. The first kappa shape index (κ1) is 16.9. The molecule has 0 aliphatic heterocycles. The fourth-order valence-corrected chi connectivity index (χ4v) is 8.52. The van der Waals surface area contributed by atoms with Crippen molar-refractivity contribution < 1.29 is 4.39 Å². The van der Waals surface area contributed by atoms with E-state index in [1.54, 1.807) is 0 Å². The van der Waals surface area contributed by atoms with E-state index >= 15 is 0 Å². The molecule has 0 bridgehead atoms. The Morgan fingerprint density at radius 3 is 1.25 bits per heavy atom. The molecule has 0 unspecified atom stereocenters. The van der Waals surface area contributed by atoms with E-state index in [0.717, 1.165) is 12.6 Å². The molecule has 0 amide bonds. The molecule has 0 heterocycles. The number of hydrogen-bond acceptors (Lipinski definition) is 0. The predicted molar refractivity (Wildman–Crippen MR) is 107 cm³/mol. The molecule has 0 nitrogen and oxygen atoms in total. The van der Waals surface area contributed by atoms with E-state index in [0.29, 0.717) is 6.42 Å². The topological polar surface area (TPSA) is 0 Å². The predicted octanol–water partition coefficient (Wildman–Crippen LogP) is 4.46. The number of benzene rings is 3. The third-order valence-electron chi connectivity index (χ3n) is 4.74. The van der Waals surface area contributed by atoms with Gasteiger partial charge in [0.15, 0.2) is 0 Å². The first-order valence-corrected chi connectivity index (χ1v) is 10.8. The molecule has 3 aromatic rings.